The van der Waals surface area contributed by atoms with Gasteiger partial charge in [0.1, 0.15) is 11.9 Å². The molecule has 1 aliphatic rings. The van der Waals surface area contributed by atoms with Crippen molar-refractivity contribution >= 4 is 23.5 Å². The lowest BCUT2D eigenvalue weighted by Crippen LogP contribution is -2.41. The van der Waals surface area contributed by atoms with Gasteiger partial charge < -0.3 is 15.3 Å². The second kappa shape index (κ2) is 8.21. The molecule has 0 radical (unpaired) electrons. The molecule has 1 heterocycles. The Bertz CT molecular complexity index is 911. The van der Waals surface area contributed by atoms with Crippen molar-refractivity contribution in [3.05, 3.63) is 65.0 Å². The fraction of sp³-hybridized carbons (Fsp3) is 0.286. The van der Waals surface area contributed by atoms with Crippen LogP contribution in [0.1, 0.15) is 29.5 Å². The maximum absolute atomic E-state index is 14.0. The molecule has 28 heavy (non-hydrogen) atoms. The smallest absolute Gasteiger partial charge is 0.307 e. The lowest BCUT2D eigenvalue weighted by molar-refractivity contribution is -0.136. The van der Waals surface area contributed by atoms with Crippen molar-refractivity contribution in [2.24, 2.45) is 0 Å². The van der Waals surface area contributed by atoms with Gasteiger partial charge in [0, 0.05) is 18.7 Å². The number of aliphatic carboxylic acids is 1. The molecule has 2 aromatic rings. The molecule has 0 spiro atoms. The first kappa shape index (κ1) is 19.5. The number of aryl methyl sites for hydroxylation is 1. The topological polar surface area (TPSA) is 86.7 Å². The third-order valence-electron chi connectivity index (χ3n) is 4.77. The molecule has 1 atom stereocenters. The molecule has 0 aromatic heterocycles. The van der Waals surface area contributed by atoms with Crippen LogP contribution in [-0.2, 0) is 27.3 Å². The number of carboxylic acid groups (broad SMARTS) is 1. The van der Waals surface area contributed by atoms with Gasteiger partial charge in [-0.25, -0.2) is 4.39 Å². The highest BCUT2D eigenvalue weighted by Crippen LogP contribution is 2.24. The number of benzene rings is 2. The molecule has 0 bridgehead atoms. The van der Waals surface area contributed by atoms with Crippen LogP contribution >= 0.6 is 0 Å². The number of nitrogens with one attached hydrogen (secondary N) is 1. The SMILES string of the molecule is Cc1ccc(CN2C(=O)CCC2C(=O)Nc2ccc(CC(=O)O)c(F)c2)cc1. The van der Waals surface area contributed by atoms with Crippen molar-refractivity contribution in [2.45, 2.75) is 38.8 Å². The predicted molar refractivity (Wildman–Crippen MR) is 101 cm³/mol. The highest BCUT2D eigenvalue weighted by atomic mass is 19.1. The van der Waals surface area contributed by atoms with Crippen molar-refractivity contribution in [1.29, 1.82) is 0 Å². The monoisotopic (exact) mass is 384 g/mol. The number of carbonyl (C=O) groups is 3. The normalized spacial score (nSPS) is 16.3. The maximum atomic E-state index is 14.0. The number of nitrogens with zero attached hydrogens (tertiary/aromatic N) is 1. The van der Waals surface area contributed by atoms with E-state index in [1.807, 2.05) is 31.2 Å². The Balaban J connectivity index is 1.70. The predicted octanol–water partition coefficient (Wildman–Crippen LogP) is 2.89. The van der Waals surface area contributed by atoms with Gasteiger partial charge in [0.25, 0.3) is 0 Å². The number of carboxylic acids is 1. The van der Waals surface area contributed by atoms with Gasteiger partial charge in [0.2, 0.25) is 11.8 Å². The molecule has 1 aliphatic heterocycles. The van der Waals surface area contributed by atoms with Crippen LogP contribution < -0.4 is 5.32 Å². The minimum Gasteiger partial charge on any atom is -0.481 e. The standard InChI is InChI=1S/C21H21FN2O4/c1-13-2-4-14(5-3-13)12-24-18(8-9-19(24)25)21(28)23-16-7-6-15(10-20(26)27)17(22)11-16/h2-7,11,18H,8-10,12H2,1H3,(H,23,28)(H,26,27). The van der Waals surface area contributed by atoms with Crippen LogP contribution in [0, 0.1) is 12.7 Å². The van der Waals surface area contributed by atoms with Gasteiger partial charge in [-0.2, -0.15) is 0 Å². The Hall–Kier alpha value is -3.22. The van der Waals surface area contributed by atoms with E-state index in [4.69, 9.17) is 5.11 Å². The molecule has 3 rings (SSSR count). The first-order chi connectivity index (χ1) is 13.3. The zero-order valence-corrected chi connectivity index (χ0v) is 15.4. The van der Waals surface area contributed by atoms with E-state index in [1.54, 1.807) is 0 Å². The summed E-state index contributed by atoms with van der Waals surface area (Å²) in [6.07, 6.45) is 0.257. The number of amides is 2. The molecule has 2 aromatic carbocycles. The van der Waals surface area contributed by atoms with Gasteiger partial charge in [-0.1, -0.05) is 35.9 Å². The van der Waals surface area contributed by atoms with Crippen LogP contribution in [-0.4, -0.2) is 33.8 Å². The summed E-state index contributed by atoms with van der Waals surface area (Å²) in [5.41, 5.74) is 2.32. The fourth-order valence-corrected chi connectivity index (χ4v) is 3.25. The quantitative estimate of drug-likeness (QED) is 0.802. The van der Waals surface area contributed by atoms with E-state index in [-0.39, 0.29) is 29.5 Å². The first-order valence-corrected chi connectivity index (χ1v) is 8.99. The zero-order valence-electron chi connectivity index (χ0n) is 15.4. The van der Waals surface area contributed by atoms with Crippen LogP contribution in [0.4, 0.5) is 10.1 Å². The highest BCUT2D eigenvalue weighted by Gasteiger charge is 2.36. The molecule has 1 unspecified atom stereocenters. The van der Waals surface area contributed by atoms with Gasteiger partial charge in [0.15, 0.2) is 0 Å². The van der Waals surface area contributed by atoms with Crippen LogP contribution in [0.25, 0.3) is 0 Å². The molecule has 0 aliphatic carbocycles. The van der Waals surface area contributed by atoms with Gasteiger partial charge >= 0.3 is 5.97 Å². The number of likely N-dealkylation sites (tertiary alicyclic amines) is 1. The van der Waals surface area contributed by atoms with E-state index in [2.05, 4.69) is 5.32 Å². The van der Waals surface area contributed by atoms with Gasteiger partial charge in [-0.3, -0.25) is 14.4 Å². The van der Waals surface area contributed by atoms with Crippen LogP contribution in [0.2, 0.25) is 0 Å². The van der Waals surface area contributed by atoms with Crippen LogP contribution in [0.3, 0.4) is 0 Å². The fourth-order valence-electron chi connectivity index (χ4n) is 3.25. The first-order valence-electron chi connectivity index (χ1n) is 8.99. The summed E-state index contributed by atoms with van der Waals surface area (Å²) in [5.74, 6) is -2.31. The Kier molecular flexibility index (Phi) is 5.73. The number of halogens is 1. The molecular formula is C21H21FN2O4. The average Bonchev–Trinajstić information content (AvgIpc) is 3.00. The van der Waals surface area contributed by atoms with E-state index < -0.39 is 24.2 Å². The minimum absolute atomic E-state index is 0.0440. The summed E-state index contributed by atoms with van der Waals surface area (Å²) in [7, 11) is 0. The molecular weight excluding hydrogens is 363 g/mol. The number of rotatable bonds is 6. The van der Waals surface area contributed by atoms with Crippen molar-refractivity contribution in [2.75, 3.05) is 5.32 Å². The summed E-state index contributed by atoms with van der Waals surface area (Å²) in [6.45, 7) is 2.31. The lowest BCUT2D eigenvalue weighted by Gasteiger charge is -2.24. The summed E-state index contributed by atoms with van der Waals surface area (Å²) in [4.78, 5) is 37.2. The number of carbonyl (C=O) groups excluding carboxylic acids is 2. The largest absolute Gasteiger partial charge is 0.481 e. The Morgan fingerprint density at radius 2 is 1.93 bits per heavy atom. The van der Waals surface area contributed by atoms with Crippen molar-refractivity contribution in [3.8, 4) is 0 Å². The molecule has 7 heteroatoms. The van der Waals surface area contributed by atoms with Crippen LogP contribution in [0.5, 0.6) is 0 Å². The summed E-state index contributed by atoms with van der Waals surface area (Å²) in [6, 6.07) is 11.0. The average molecular weight is 384 g/mol. The third-order valence-corrected chi connectivity index (χ3v) is 4.77. The second-order valence-corrected chi connectivity index (χ2v) is 6.93. The molecule has 1 saturated heterocycles. The van der Waals surface area contributed by atoms with E-state index in [0.717, 1.165) is 17.2 Å². The Morgan fingerprint density at radius 1 is 1.21 bits per heavy atom. The highest BCUT2D eigenvalue weighted by molar-refractivity contribution is 5.99. The molecule has 2 amide bonds. The number of anilines is 1. The Morgan fingerprint density at radius 3 is 2.57 bits per heavy atom. The summed E-state index contributed by atoms with van der Waals surface area (Å²) >= 11 is 0. The zero-order chi connectivity index (χ0) is 20.3. The van der Waals surface area contributed by atoms with Gasteiger partial charge in [-0.05, 0) is 36.6 Å². The van der Waals surface area contributed by atoms with Crippen LogP contribution in [0.15, 0.2) is 42.5 Å². The summed E-state index contributed by atoms with van der Waals surface area (Å²) < 4.78 is 14.0. The number of hydrogen-bond donors (Lipinski definition) is 2. The number of hydrogen-bond acceptors (Lipinski definition) is 3. The van der Waals surface area contributed by atoms with Gasteiger partial charge in [-0.15, -0.1) is 0 Å². The third kappa shape index (κ3) is 4.54. The minimum atomic E-state index is -1.13. The van der Waals surface area contributed by atoms with Gasteiger partial charge in [0.05, 0.1) is 6.42 Å². The van der Waals surface area contributed by atoms with E-state index in [9.17, 15) is 18.8 Å². The molecule has 6 nitrogen and oxygen atoms in total. The maximum Gasteiger partial charge on any atom is 0.307 e. The molecule has 0 saturated carbocycles. The van der Waals surface area contributed by atoms with Crippen molar-refractivity contribution in [1.82, 2.24) is 4.90 Å². The van der Waals surface area contributed by atoms with E-state index >= 15 is 0 Å². The van der Waals surface area contributed by atoms with Crippen molar-refractivity contribution < 1.29 is 23.9 Å². The Labute approximate surface area is 162 Å². The molecule has 2 N–H and O–H groups in total. The summed E-state index contributed by atoms with van der Waals surface area (Å²) in [5, 5.41) is 11.4. The van der Waals surface area contributed by atoms with E-state index in [1.165, 1.54) is 17.0 Å². The van der Waals surface area contributed by atoms with Crippen molar-refractivity contribution in [3.63, 3.8) is 0 Å². The van der Waals surface area contributed by atoms with E-state index in [0.29, 0.717) is 13.0 Å². The molecule has 1 fully saturated rings. The second-order valence-electron chi connectivity index (χ2n) is 6.93. The lowest BCUT2D eigenvalue weighted by atomic mass is 10.1. The molecule has 146 valence electrons.